The first-order valence-electron chi connectivity index (χ1n) is 4.67. The van der Waals surface area contributed by atoms with E-state index < -0.39 is 6.36 Å². The summed E-state index contributed by atoms with van der Waals surface area (Å²) in [6.45, 7) is 1.73. The quantitative estimate of drug-likeness (QED) is 0.868. The number of alkyl halides is 3. The molecule has 0 aliphatic carbocycles. The maximum absolute atomic E-state index is 12.0. The predicted octanol–water partition coefficient (Wildman–Crippen LogP) is 2.95. The van der Waals surface area contributed by atoms with Crippen molar-refractivity contribution in [2.45, 2.75) is 19.3 Å². The number of halogens is 3. The molecule has 88 valence electrons. The molecule has 0 fully saturated rings. The van der Waals surface area contributed by atoms with Crippen LogP contribution >= 0.6 is 0 Å². The Hall–Kier alpha value is -1.49. The van der Waals surface area contributed by atoms with Crippen LogP contribution in [0.4, 0.5) is 13.2 Å². The van der Waals surface area contributed by atoms with Crippen LogP contribution in [-0.4, -0.2) is 12.4 Å². The van der Waals surface area contributed by atoms with Gasteiger partial charge in [0.25, 0.3) is 0 Å². The SMILES string of the molecule is CC(N)/C=C/c1ccccc1OC(F)(F)F. The standard InChI is InChI=1S/C11H12F3NO/c1-8(15)6-7-9-4-2-3-5-10(9)16-11(12,13)14/h2-8H,15H2,1H3/b7-6+. The molecule has 0 radical (unpaired) electrons. The van der Waals surface area contributed by atoms with Crippen molar-refractivity contribution in [2.75, 3.05) is 0 Å². The van der Waals surface area contributed by atoms with E-state index in [-0.39, 0.29) is 11.8 Å². The number of hydrogen-bond acceptors (Lipinski definition) is 2. The van der Waals surface area contributed by atoms with Crippen molar-refractivity contribution < 1.29 is 17.9 Å². The zero-order chi connectivity index (χ0) is 12.2. The van der Waals surface area contributed by atoms with Crippen LogP contribution in [-0.2, 0) is 0 Å². The Morgan fingerprint density at radius 3 is 2.50 bits per heavy atom. The van der Waals surface area contributed by atoms with Gasteiger partial charge in [0, 0.05) is 11.6 Å². The van der Waals surface area contributed by atoms with Crippen LogP contribution in [0.25, 0.3) is 6.08 Å². The van der Waals surface area contributed by atoms with Crippen molar-refractivity contribution in [1.29, 1.82) is 0 Å². The van der Waals surface area contributed by atoms with E-state index in [2.05, 4.69) is 4.74 Å². The summed E-state index contributed by atoms with van der Waals surface area (Å²) in [5.41, 5.74) is 5.81. The Morgan fingerprint density at radius 1 is 1.31 bits per heavy atom. The van der Waals surface area contributed by atoms with E-state index >= 15 is 0 Å². The van der Waals surface area contributed by atoms with Gasteiger partial charge in [0.15, 0.2) is 0 Å². The van der Waals surface area contributed by atoms with E-state index in [1.807, 2.05) is 0 Å². The molecular formula is C11H12F3NO. The lowest BCUT2D eigenvalue weighted by atomic mass is 10.1. The molecule has 1 rings (SSSR count). The average molecular weight is 231 g/mol. The molecule has 2 nitrogen and oxygen atoms in total. The molecule has 1 atom stereocenters. The first kappa shape index (κ1) is 12.6. The van der Waals surface area contributed by atoms with Gasteiger partial charge in [0.1, 0.15) is 5.75 Å². The molecule has 0 amide bonds. The van der Waals surface area contributed by atoms with E-state index in [0.717, 1.165) is 0 Å². The van der Waals surface area contributed by atoms with Gasteiger partial charge in [-0.3, -0.25) is 0 Å². The third kappa shape index (κ3) is 4.35. The fraction of sp³-hybridized carbons (Fsp3) is 0.273. The first-order chi connectivity index (χ1) is 7.38. The summed E-state index contributed by atoms with van der Waals surface area (Å²) in [6, 6.07) is 5.67. The van der Waals surface area contributed by atoms with Crippen LogP contribution in [0.15, 0.2) is 30.3 Å². The largest absolute Gasteiger partial charge is 0.573 e. The molecule has 1 aromatic rings. The molecule has 0 heterocycles. The van der Waals surface area contributed by atoms with Crippen molar-refractivity contribution in [3.05, 3.63) is 35.9 Å². The highest BCUT2D eigenvalue weighted by Crippen LogP contribution is 2.26. The zero-order valence-electron chi connectivity index (χ0n) is 8.66. The van der Waals surface area contributed by atoms with Gasteiger partial charge in [0.2, 0.25) is 0 Å². The van der Waals surface area contributed by atoms with Crippen LogP contribution in [0, 0.1) is 0 Å². The topological polar surface area (TPSA) is 35.2 Å². The average Bonchev–Trinajstić information content (AvgIpc) is 2.14. The van der Waals surface area contributed by atoms with Crippen LogP contribution in [0.2, 0.25) is 0 Å². The van der Waals surface area contributed by atoms with E-state index in [1.54, 1.807) is 19.1 Å². The molecule has 0 spiro atoms. The summed E-state index contributed by atoms with van der Waals surface area (Å²) in [4.78, 5) is 0. The highest BCUT2D eigenvalue weighted by Gasteiger charge is 2.31. The van der Waals surface area contributed by atoms with Gasteiger partial charge in [-0.1, -0.05) is 30.4 Å². The molecule has 0 saturated heterocycles. The number of para-hydroxylation sites is 1. The van der Waals surface area contributed by atoms with Gasteiger partial charge in [-0.15, -0.1) is 13.2 Å². The summed E-state index contributed by atoms with van der Waals surface area (Å²) in [7, 11) is 0. The molecule has 0 aliphatic heterocycles. The lowest BCUT2D eigenvalue weighted by Crippen LogP contribution is -2.17. The van der Waals surface area contributed by atoms with Crippen molar-refractivity contribution in [2.24, 2.45) is 5.73 Å². The minimum absolute atomic E-state index is 0.223. The van der Waals surface area contributed by atoms with Crippen molar-refractivity contribution in [1.82, 2.24) is 0 Å². The second-order valence-corrected chi connectivity index (χ2v) is 3.30. The first-order valence-corrected chi connectivity index (χ1v) is 4.67. The summed E-state index contributed by atoms with van der Waals surface area (Å²) in [5.74, 6) is -0.230. The van der Waals surface area contributed by atoms with Crippen LogP contribution in [0.3, 0.4) is 0 Å². The molecule has 5 heteroatoms. The highest BCUT2D eigenvalue weighted by atomic mass is 19.4. The fourth-order valence-electron chi connectivity index (χ4n) is 1.09. The lowest BCUT2D eigenvalue weighted by Gasteiger charge is -2.11. The molecular weight excluding hydrogens is 219 g/mol. The fourth-order valence-corrected chi connectivity index (χ4v) is 1.09. The second kappa shape index (κ2) is 5.03. The number of nitrogens with two attached hydrogens (primary N) is 1. The number of rotatable bonds is 3. The lowest BCUT2D eigenvalue weighted by molar-refractivity contribution is -0.274. The molecule has 0 bridgehead atoms. The van der Waals surface area contributed by atoms with Crippen molar-refractivity contribution >= 4 is 6.08 Å². The molecule has 1 aromatic carbocycles. The maximum Gasteiger partial charge on any atom is 0.573 e. The van der Waals surface area contributed by atoms with E-state index in [4.69, 9.17) is 5.73 Å². The molecule has 2 N–H and O–H groups in total. The monoisotopic (exact) mass is 231 g/mol. The number of hydrogen-bond donors (Lipinski definition) is 1. The van der Waals surface area contributed by atoms with Gasteiger partial charge >= 0.3 is 6.36 Å². The molecule has 0 aliphatic rings. The summed E-state index contributed by atoms with van der Waals surface area (Å²) in [6.07, 6.45) is -1.58. The van der Waals surface area contributed by atoms with Crippen molar-refractivity contribution in [3.8, 4) is 5.75 Å². The van der Waals surface area contributed by atoms with Gasteiger partial charge in [-0.2, -0.15) is 0 Å². The minimum Gasteiger partial charge on any atom is -0.405 e. The summed E-state index contributed by atoms with van der Waals surface area (Å²) in [5, 5.41) is 0. The van der Waals surface area contributed by atoms with Crippen LogP contribution < -0.4 is 10.5 Å². The smallest absolute Gasteiger partial charge is 0.405 e. The van der Waals surface area contributed by atoms with Crippen molar-refractivity contribution in [3.63, 3.8) is 0 Å². The van der Waals surface area contributed by atoms with Gasteiger partial charge < -0.3 is 10.5 Å². The normalized spacial score (nSPS) is 14.1. The molecule has 0 saturated carbocycles. The zero-order valence-corrected chi connectivity index (χ0v) is 8.66. The van der Waals surface area contributed by atoms with Gasteiger partial charge in [-0.05, 0) is 13.0 Å². The summed E-state index contributed by atoms with van der Waals surface area (Å²) < 4.78 is 40.0. The minimum atomic E-state index is -4.68. The Kier molecular flexibility index (Phi) is 3.95. The molecule has 1 unspecified atom stereocenters. The predicted molar refractivity (Wildman–Crippen MR) is 55.8 cm³/mol. The molecule has 16 heavy (non-hydrogen) atoms. The third-order valence-corrected chi connectivity index (χ3v) is 1.72. The van der Waals surface area contributed by atoms with E-state index in [9.17, 15) is 13.2 Å². The third-order valence-electron chi connectivity index (χ3n) is 1.72. The highest BCUT2D eigenvalue weighted by molar-refractivity contribution is 5.57. The Balaban J connectivity index is 2.92. The second-order valence-electron chi connectivity index (χ2n) is 3.30. The van der Waals surface area contributed by atoms with Crippen LogP contribution in [0.1, 0.15) is 12.5 Å². The Morgan fingerprint density at radius 2 is 1.94 bits per heavy atom. The summed E-state index contributed by atoms with van der Waals surface area (Å²) >= 11 is 0. The number of benzene rings is 1. The number of ether oxygens (including phenoxy) is 1. The van der Waals surface area contributed by atoms with Crippen LogP contribution in [0.5, 0.6) is 5.75 Å². The van der Waals surface area contributed by atoms with Gasteiger partial charge in [0.05, 0.1) is 0 Å². The van der Waals surface area contributed by atoms with Gasteiger partial charge in [-0.25, -0.2) is 0 Å². The molecule has 0 aromatic heterocycles. The Bertz CT molecular complexity index is 372. The Labute approximate surface area is 91.5 Å². The van der Waals surface area contributed by atoms with E-state index in [0.29, 0.717) is 5.56 Å². The maximum atomic E-state index is 12.0. The van der Waals surface area contributed by atoms with E-state index in [1.165, 1.54) is 24.3 Å².